The Bertz CT molecular complexity index is 733. The van der Waals surface area contributed by atoms with Crippen molar-refractivity contribution in [3.05, 3.63) is 45.0 Å². The van der Waals surface area contributed by atoms with Gasteiger partial charge in [-0.25, -0.2) is 4.79 Å². The van der Waals surface area contributed by atoms with Crippen molar-refractivity contribution in [2.45, 2.75) is 31.3 Å². The van der Waals surface area contributed by atoms with Crippen LogP contribution in [0.5, 0.6) is 0 Å². The summed E-state index contributed by atoms with van der Waals surface area (Å²) in [5.41, 5.74) is -1.04. The molecule has 1 aliphatic heterocycles. The zero-order valence-corrected chi connectivity index (χ0v) is 14.6. The molecule has 0 bridgehead atoms. The number of hydrogen-bond donors (Lipinski definition) is 1. The molecule has 0 aliphatic carbocycles. The van der Waals surface area contributed by atoms with Crippen LogP contribution in [0.15, 0.2) is 33.7 Å². The largest absolute Gasteiger partial charge is 0.381 e. The van der Waals surface area contributed by atoms with Crippen LogP contribution in [-0.2, 0) is 23.1 Å². The van der Waals surface area contributed by atoms with Crippen LogP contribution < -0.4 is 11.2 Å². The van der Waals surface area contributed by atoms with Gasteiger partial charge in [0.05, 0.1) is 12.2 Å². The normalized spacial score (nSPS) is 25.2. The molecule has 3 unspecified atom stereocenters. The lowest BCUT2D eigenvalue weighted by Gasteiger charge is -2.34. The standard InChI is InChI=1S/C14H21N2O7P/c1-20-11-8-10(5-7-24(19,21-2)22-3)23-13(9-11)16-6-4-12(17)15-14(16)18/h4-7,10-11,13H,8-9H2,1-3H3,(H,15,17,18)/b7-5+. The van der Waals surface area contributed by atoms with Gasteiger partial charge in [-0.2, -0.15) is 0 Å². The molecular formula is C14H21N2O7P. The van der Waals surface area contributed by atoms with E-state index in [1.807, 2.05) is 0 Å². The molecule has 1 aromatic rings. The Kier molecular flexibility index (Phi) is 6.31. The predicted octanol–water partition coefficient (Wildman–Crippen LogP) is 1.23. The van der Waals surface area contributed by atoms with Gasteiger partial charge >= 0.3 is 13.3 Å². The summed E-state index contributed by atoms with van der Waals surface area (Å²) in [4.78, 5) is 25.3. The molecule has 9 nitrogen and oxygen atoms in total. The Hall–Kier alpha value is -1.51. The third kappa shape index (κ3) is 4.52. The molecule has 1 saturated heterocycles. The van der Waals surface area contributed by atoms with Crippen LogP contribution in [0.2, 0.25) is 0 Å². The summed E-state index contributed by atoms with van der Waals surface area (Å²) in [5, 5.41) is 0. The second-order valence-corrected chi connectivity index (χ2v) is 7.33. The molecule has 2 rings (SSSR count). The molecule has 134 valence electrons. The van der Waals surface area contributed by atoms with Crippen LogP contribution in [0, 0.1) is 0 Å². The van der Waals surface area contributed by atoms with Crippen molar-refractivity contribution in [1.29, 1.82) is 0 Å². The van der Waals surface area contributed by atoms with Crippen LogP contribution in [0.3, 0.4) is 0 Å². The summed E-state index contributed by atoms with van der Waals surface area (Å²) in [5.74, 6) is 1.32. The van der Waals surface area contributed by atoms with Crippen molar-refractivity contribution in [3.63, 3.8) is 0 Å². The molecule has 1 aliphatic rings. The highest BCUT2D eigenvalue weighted by Gasteiger charge is 2.30. The molecule has 1 N–H and O–H groups in total. The average molecular weight is 360 g/mol. The lowest BCUT2D eigenvalue weighted by molar-refractivity contribution is -0.121. The summed E-state index contributed by atoms with van der Waals surface area (Å²) < 4.78 is 34.3. The number of nitrogens with one attached hydrogen (secondary N) is 1. The molecule has 0 radical (unpaired) electrons. The topological polar surface area (TPSA) is 109 Å². The Morgan fingerprint density at radius 2 is 2.00 bits per heavy atom. The van der Waals surface area contributed by atoms with E-state index in [0.29, 0.717) is 12.8 Å². The fourth-order valence-electron chi connectivity index (χ4n) is 2.44. The molecule has 24 heavy (non-hydrogen) atoms. The monoisotopic (exact) mass is 360 g/mol. The summed E-state index contributed by atoms with van der Waals surface area (Å²) in [6, 6.07) is 1.25. The van der Waals surface area contributed by atoms with Crippen molar-refractivity contribution >= 4 is 7.60 Å². The molecular weight excluding hydrogens is 339 g/mol. The first kappa shape index (κ1) is 18.8. The number of methoxy groups -OCH3 is 1. The highest BCUT2D eigenvalue weighted by atomic mass is 31.2. The van der Waals surface area contributed by atoms with Gasteiger partial charge in [-0.15, -0.1) is 0 Å². The SMILES string of the molecule is COC1CC(/C=C/P(=O)(OC)OC)OC(n2ccc(=O)[nH]c2=O)C1. The third-order valence-corrected chi connectivity index (χ3v) is 5.33. The minimum absolute atomic E-state index is 0.165. The predicted molar refractivity (Wildman–Crippen MR) is 86.0 cm³/mol. The van der Waals surface area contributed by atoms with E-state index in [1.54, 1.807) is 13.2 Å². The highest BCUT2D eigenvalue weighted by molar-refractivity contribution is 7.57. The van der Waals surface area contributed by atoms with Gasteiger partial charge in [0.25, 0.3) is 5.56 Å². The maximum absolute atomic E-state index is 12.1. The van der Waals surface area contributed by atoms with Crippen molar-refractivity contribution in [2.75, 3.05) is 21.3 Å². The number of hydrogen-bond acceptors (Lipinski definition) is 7. The van der Waals surface area contributed by atoms with Crippen LogP contribution >= 0.6 is 7.60 Å². The summed E-state index contributed by atoms with van der Waals surface area (Å²) in [6.45, 7) is 0. The molecule has 0 spiro atoms. The lowest BCUT2D eigenvalue weighted by atomic mass is 10.0. The van der Waals surface area contributed by atoms with Crippen molar-refractivity contribution in [2.24, 2.45) is 0 Å². The van der Waals surface area contributed by atoms with Crippen LogP contribution in [0.25, 0.3) is 0 Å². The Labute approximate surface area is 138 Å². The maximum atomic E-state index is 12.1. The molecule has 1 aromatic heterocycles. The minimum Gasteiger partial charge on any atom is -0.381 e. The zero-order chi connectivity index (χ0) is 17.7. The smallest absolute Gasteiger partial charge is 0.353 e. The second-order valence-electron chi connectivity index (χ2n) is 5.22. The first-order chi connectivity index (χ1) is 11.4. The average Bonchev–Trinajstić information content (AvgIpc) is 2.59. The van der Waals surface area contributed by atoms with E-state index in [-0.39, 0.29) is 6.10 Å². The number of ether oxygens (including phenoxy) is 2. The molecule has 3 atom stereocenters. The van der Waals surface area contributed by atoms with Gasteiger partial charge in [-0.1, -0.05) is 0 Å². The van der Waals surface area contributed by atoms with E-state index in [4.69, 9.17) is 18.5 Å². The van der Waals surface area contributed by atoms with E-state index < -0.39 is 31.2 Å². The van der Waals surface area contributed by atoms with Gasteiger partial charge < -0.3 is 18.5 Å². The molecule has 2 heterocycles. The lowest BCUT2D eigenvalue weighted by Crippen LogP contribution is -2.39. The van der Waals surface area contributed by atoms with Gasteiger partial charge in [0.15, 0.2) is 0 Å². The first-order valence-corrected chi connectivity index (χ1v) is 8.92. The molecule has 1 fully saturated rings. The van der Waals surface area contributed by atoms with Gasteiger partial charge in [-0.05, 0) is 6.08 Å². The number of rotatable bonds is 6. The fraction of sp³-hybridized carbons (Fsp3) is 0.571. The van der Waals surface area contributed by atoms with E-state index in [9.17, 15) is 14.2 Å². The van der Waals surface area contributed by atoms with Gasteiger partial charge in [0.2, 0.25) is 0 Å². The van der Waals surface area contributed by atoms with E-state index in [2.05, 4.69) is 4.98 Å². The summed E-state index contributed by atoms with van der Waals surface area (Å²) in [7, 11) is 0.844. The number of nitrogens with zero attached hydrogens (tertiary/aromatic N) is 1. The molecule has 10 heteroatoms. The Balaban J connectivity index is 2.23. The zero-order valence-electron chi connectivity index (χ0n) is 13.7. The summed E-state index contributed by atoms with van der Waals surface area (Å²) >= 11 is 0. The van der Waals surface area contributed by atoms with E-state index >= 15 is 0 Å². The van der Waals surface area contributed by atoms with Crippen LogP contribution in [-0.4, -0.2) is 43.1 Å². The van der Waals surface area contributed by atoms with Crippen molar-refractivity contribution in [1.82, 2.24) is 9.55 Å². The van der Waals surface area contributed by atoms with Crippen molar-refractivity contribution < 1.29 is 23.1 Å². The highest BCUT2D eigenvalue weighted by Crippen LogP contribution is 2.48. The molecule has 0 amide bonds. The van der Waals surface area contributed by atoms with Crippen LogP contribution in [0.1, 0.15) is 19.1 Å². The van der Waals surface area contributed by atoms with Gasteiger partial charge in [0, 0.05) is 52.3 Å². The second kappa shape index (κ2) is 8.04. The third-order valence-electron chi connectivity index (χ3n) is 3.78. The van der Waals surface area contributed by atoms with Gasteiger partial charge in [-0.3, -0.25) is 18.9 Å². The molecule has 0 saturated carbocycles. The Morgan fingerprint density at radius 1 is 1.29 bits per heavy atom. The minimum atomic E-state index is -3.30. The maximum Gasteiger partial charge on any atom is 0.353 e. The summed E-state index contributed by atoms with van der Waals surface area (Å²) in [6.07, 6.45) is 2.68. The van der Waals surface area contributed by atoms with Crippen molar-refractivity contribution in [3.8, 4) is 0 Å². The fourth-order valence-corrected chi connectivity index (χ4v) is 3.24. The van der Waals surface area contributed by atoms with E-state index in [1.165, 1.54) is 36.9 Å². The quantitative estimate of drug-likeness (QED) is 0.760. The Morgan fingerprint density at radius 3 is 2.58 bits per heavy atom. The molecule has 0 aromatic carbocycles. The number of aromatic nitrogens is 2. The van der Waals surface area contributed by atoms with Crippen LogP contribution in [0.4, 0.5) is 0 Å². The number of H-pyrrole nitrogens is 1. The first-order valence-electron chi connectivity index (χ1n) is 7.31. The van der Waals surface area contributed by atoms with E-state index in [0.717, 1.165) is 0 Å². The van der Waals surface area contributed by atoms with Gasteiger partial charge in [0.1, 0.15) is 6.23 Å². The number of aromatic amines is 1.